The van der Waals surface area contributed by atoms with Gasteiger partial charge in [-0.15, -0.1) is 11.3 Å². The van der Waals surface area contributed by atoms with Gasteiger partial charge in [-0.05, 0) is 31.9 Å². The predicted octanol–water partition coefficient (Wildman–Crippen LogP) is 2.98. The molecule has 4 nitrogen and oxygen atoms in total. The average Bonchev–Trinajstić information content (AvgIpc) is 3.10. The van der Waals surface area contributed by atoms with Crippen molar-refractivity contribution < 1.29 is 0 Å². The molecule has 2 heterocycles. The van der Waals surface area contributed by atoms with Crippen molar-refractivity contribution in [2.24, 2.45) is 4.99 Å². The largest absolute Gasteiger partial charge is 0.356 e. The molecule has 1 aliphatic heterocycles. The fraction of sp³-hybridized carbons (Fsp3) is 0.375. The van der Waals surface area contributed by atoms with Gasteiger partial charge in [0, 0.05) is 29.9 Å². The second-order valence-corrected chi connectivity index (χ2v) is 6.38. The second kappa shape index (κ2) is 6.26. The van der Waals surface area contributed by atoms with Crippen molar-refractivity contribution in [1.82, 2.24) is 10.3 Å². The molecular weight excluding hydrogens is 280 g/mol. The summed E-state index contributed by atoms with van der Waals surface area (Å²) >= 11 is 1.71. The van der Waals surface area contributed by atoms with Crippen LogP contribution in [0.3, 0.4) is 0 Å². The summed E-state index contributed by atoms with van der Waals surface area (Å²) in [6.45, 7) is 6.67. The van der Waals surface area contributed by atoms with E-state index in [-0.39, 0.29) is 0 Å². The maximum Gasteiger partial charge on any atom is 0.198 e. The molecule has 0 radical (unpaired) electrons. The zero-order chi connectivity index (χ0) is 14.7. The lowest BCUT2D eigenvalue weighted by Gasteiger charge is -2.22. The molecule has 0 aliphatic carbocycles. The van der Waals surface area contributed by atoms with Crippen molar-refractivity contribution in [3.05, 3.63) is 45.9 Å². The normalized spacial score (nSPS) is 14.4. The number of aromatic nitrogens is 1. The van der Waals surface area contributed by atoms with Crippen LogP contribution in [0.25, 0.3) is 0 Å². The van der Waals surface area contributed by atoms with Gasteiger partial charge in [-0.3, -0.25) is 0 Å². The Balaban J connectivity index is 1.82. The van der Waals surface area contributed by atoms with E-state index in [1.165, 1.54) is 16.1 Å². The summed E-state index contributed by atoms with van der Waals surface area (Å²) in [5.41, 5.74) is 2.67. The van der Waals surface area contributed by atoms with E-state index >= 15 is 0 Å². The minimum atomic E-state index is 0.638. The Hall–Kier alpha value is -1.88. The first-order valence-electron chi connectivity index (χ1n) is 7.33. The molecule has 0 amide bonds. The summed E-state index contributed by atoms with van der Waals surface area (Å²) in [4.78, 5) is 12.7. The average molecular weight is 300 g/mol. The van der Waals surface area contributed by atoms with Gasteiger partial charge in [0.2, 0.25) is 0 Å². The van der Waals surface area contributed by atoms with Crippen LogP contribution in [-0.4, -0.2) is 24.0 Å². The number of anilines is 1. The summed E-state index contributed by atoms with van der Waals surface area (Å²) in [7, 11) is 0. The molecule has 0 saturated heterocycles. The van der Waals surface area contributed by atoms with Crippen LogP contribution in [0.2, 0.25) is 0 Å². The number of thiazole rings is 1. The molecule has 0 unspecified atom stereocenters. The lowest BCUT2D eigenvalue weighted by molar-refractivity contribution is 0.880. The summed E-state index contributed by atoms with van der Waals surface area (Å²) in [5.74, 6) is 0.954. The Morgan fingerprint density at radius 2 is 2.29 bits per heavy atom. The molecule has 1 aromatic heterocycles. The van der Waals surface area contributed by atoms with Gasteiger partial charge in [0.1, 0.15) is 5.01 Å². The van der Waals surface area contributed by atoms with E-state index in [1.807, 2.05) is 6.20 Å². The standard InChI is InChI=1S/C16H20N4S/c1-3-17-16(19-11-15-18-10-12(2)21-15)20-9-8-13-6-4-5-7-14(13)20/h4-7,10H,3,8-9,11H2,1-2H3,(H,17,19). The van der Waals surface area contributed by atoms with E-state index in [0.29, 0.717) is 6.54 Å². The highest BCUT2D eigenvalue weighted by Crippen LogP contribution is 2.27. The lowest BCUT2D eigenvalue weighted by Crippen LogP contribution is -2.40. The summed E-state index contributed by atoms with van der Waals surface area (Å²) in [6, 6.07) is 8.56. The molecule has 0 atom stereocenters. The number of nitrogens with one attached hydrogen (secondary N) is 1. The van der Waals surface area contributed by atoms with Gasteiger partial charge in [0.15, 0.2) is 5.96 Å². The number of benzene rings is 1. The van der Waals surface area contributed by atoms with Gasteiger partial charge in [-0.1, -0.05) is 18.2 Å². The molecule has 110 valence electrons. The molecule has 3 rings (SSSR count). The highest BCUT2D eigenvalue weighted by atomic mass is 32.1. The lowest BCUT2D eigenvalue weighted by atomic mass is 10.2. The van der Waals surface area contributed by atoms with E-state index in [0.717, 1.165) is 30.5 Å². The van der Waals surface area contributed by atoms with Crippen molar-refractivity contribution in [2.45, 2.75) is 26.8 Å². The van der Waals surface area contributed by atoms with Crippen LogP contribution in [0.1, 0.15) is 22.4 Å². The van der Waals surface area contributed by atoms with Gasteiger partial charge in [-0.25, -0.2) is 9.98 Å². The minimum absolute atomic E-state index is 0.638. The number of aryl methyl sites for hydroxylation is 1. The first-order valence-corrected chi connectivity index (χ1v) is 8.14. The van der Waals surface area contributed by atoms with Crippen LogP contribution in [0.4, 0.5) is 5.69 Å². The van der Waals surface area contributed by atoms with Crippen LogP contribution in [0.15, 0.2) is 35.5 Å². The molecule has 0 fully saturated rings. The molecule has 1 aliphatic rings. The van der Waals surface area contributed by atoms with E-state index in [2.05, 4.69) is 53.3 Å². The summed E-state index contributed by atoms with van der Waals surface area (Å²) < 4.78 is 0. The summed E-state index contributed by atoms with van der Waals surface area (Å²) in [5, 5.41) is 4.46. The third-order valence-electron chi connectivity index (χ3n) is 3.51. The topological polar surface area (TPSA) is 40.5 Å². The fourth-order valence-corrected chi connectivity index (χ4v) is 3.28. The Morgan fingerprint density at radius 3 is 3.05 bits per heavy atom. The number of hydrogen-bond acceptors (Lipinski definition) is 3. The number of aliphatic imine (C=N–C) groups is 1. The number of guanidine groups is 1. The molecule has 0 spiro atoms. The van der Waals surface area contributed by atoms with Crippen molar-refractivity contribution >= 4 is 23.0 Å². The molecule has 1 N–H and O–H groups in total. The second-order valence-electron chi connectivity index (χ2n) is 5.07. The van der Waals surface area contributed by atoms with Crippen LogP contribution >= 0.6 is 11.3 Å². The Bertz CT molecular complexity index is 647. The first kappa shape index (κ1) is 14.1. The van der Waals surface area contributed by atoms with Gasteiger partial charge in [0.25, 0.3) is 0 Å². The molecule has 21 heavy (non-hydrogen) atoms. The number of fused-ring (bicyclic) bond motifs is 1. The van der Waals surface area contributed by atoms with Crippen molar-refractivity contribution in [3.8, 4) is 0 Å². The van der Waals surface area contributed by atoms with Crippen LogP contribution in [0, 0.1) is 6.92 Å². The fourth-order valence-electron chi connectivity index (χ4n) is 2.57. The number of nitrogens with zero attached hydrogens (tertiary/aromatic N) is 3. The van der Waals surface area contributed by atoms with Gasteiger partial charge in [0.05, 0.1) is 6.54 Å². The Kier molecular flexibility index (Phi) is 4.20. The molecule has 0 bridgehead atoms. The van der Waals surface area contributed by atoms with Crippen molar-refractivity contribution in [3.63, 3.8) is 0 Å². The quantitative estimate of drug-likeness (QED) is 0.700. The third kappa shape index (κ3) is 3.08. The maximum absolute atomic E-state index is 4.76. The SMILES string of the molecule is CCNC(=NCc1ncc(C)s1)N1CCc2ccccc21. The number of hydrogen-bond donors (Lipinski definition) is 1. The summed E-state index contributed by atoms with van der Waals surface area (Å²) in [6.07, 6.45) is 2.99. The van der Waals surface area contributed by atoms with Gasteiger partial charge < -0.3 is 10.2 Å². The first-order chi connectivity index (χ1) is 10.3. The van der Waals surface area contributed by atoms with Crippen molar-refractivity contribution in [2.75, 3.05) is 18.0 Å². The number of para-hydroxylation sites is 1. The smallest absolute Gasteiger partial charge is 0.198 e. The third-order valence-corrected chi connectivity index (χ3v) is 4.41. The molecule has 1 aromatic carbocycles. The Labute approximate surface area is 129 Å². The van der Waals surface area contributed by atoms with E-state index < -0.39 is 0 Å². The van der Waals surface area contributed by atoms with Gasteiger partial charge in [-0.2, -0.15) is 0 Å². The van der Waals surface area contributed by atoms with E-state index in [1.54, 1.807) is 11.3 Å². The highest BCUT2D eigenvalue weighted by molar-refractivity contribution is 7.11. The monoisotopic (exact) mass is 300 g/mol. The molecule has 5 heteroatoms. The maximum atomic E-state index is 4.76. The minimum Gasteiger partial charge on any atom is -0.356 e. The van der Waals surface area contributed by atoms with Crippen molar-refractivity contribution in [1.29, 1.82) is 0 Å². The molecule has 0 saturated carbocycles. The van der Waals surface area contributed by atoms with Crippen LogP contribution in [-0.2, 0) is 13.0 Å². The van der Waals surface area contributed by atoms with Gasteiger partial charge >= 0.3 is 0 Å². The van der Waals surface area contributed by atoms with E-state index in [4.69, 9.17) is 4.99 Å². The highest BCUT2D eigenvalue weighted by Gasteiger charge is 2.22. The molecular formula is C16H20N4S. The Morgan fingerprint density at radius 1 is 1.43 bits per heavy atom. The zero-order valence-corrected chi connectivity index (χ0v) is 13.3. The van der Waals surface area contributed by atoms with Crippen LogP contribution < -0.4 is 10.2 Å². The zero-order valence-electron chi connectivity index (χ0n) is 12.5. The van der Waals surface area contributed by atoms with Crippen LogP contribution in [0.5, 0.6) is 0 Å². The number of rotatable bonds is 3. The predicted molar refractivity (Wildman–Crippen MR) is 89.2 cm³/mol. The van der Waals surface area contributed by atoms with E-state index in [9.17, 15) is 0 Å². The molecule has 2 aromatic rings.